The number of aryl methyl sites for hydroxylation is 1. The number of benzene rings is 2. The highest BCUT2D eigenvalue weighted by Gasteiger charge is 2.12. The average Bonchev–Trinajstić information content (AvgIpc) is 2.72. The Hall–Kier alpha value is -3.12. The van der Waals surface area contributed by atoms with Crippen molar-refractivity contribution in [1.29, 1.82) is 0 Å². The molecule has 0 unspecified atom stereocenters. The molecule has 0 aliphatic rings. The number of nitrogens with one attached hydrogen (secondary N) is 2. The summed E-state index contributed by atoms with van der Waals surface area (Å²) in [7, 11) is 1.52. The van der Waals surface area contributed by atoms with Gasteiger partial charge in [-0.05, 0) is 48.7 Å². The highest BCUT2D eigenvalue weighted by atomic mass is 35.5. The molecule has 0 spiro atoms. The Morgan fingerprint density at radius 2 is 1.89 bits per heavy atom. The van der Waals surface area contributed by atoms with E-state index in [1.54, 1.807) is 30.3 Å². The van der Waals surface area contributed by atoms with Gasteiger partial charge in [-0.2, -0.15) is 0 Å². The molecule has 0 aliphatic carbocycles. The lowest BCUT2D eigenvalue weighted by atomic mass is 10.1. The van der Waals surface area contributed by atoms with Crippen LogP contribution in [0, 0.1) is 0 Å². The van der Waals surface area contributed by atoms with Crippen LogP contribution >= 0.6 is 11.6 Å². The first kappa shape index (κ1) is 19.6. The lowest BCUT2D eigenvalue weighted by molar-refractivity contribution is 0.102. The zero-order valence-electron chi connectivity index (χ0n) is 15.5. The van der Waals surface area contributed by atoms with E-state index in [1.165, 1.54) is 12.7 Å². The molecule has 0 saturated heterocycles. The van der Waals surface area contributed by atoms with Gasteiger partial charge in [0.2, 0.25) is 0 Å². The molecule has 0 bridgehead atoms. The lowest BCUT2D eigenvalue weighted by Crippen LogP contribution is -2.15. The Bertz CT molecular complexity index is 917. The van der Waals surface area contributed by atoms with Crippen LogP contribution in [-0.4, -0.2) is 29.8 Å². The molecule has 7 heteroatoms. The van der Waals surface area contributed by atoms with Crippen molar-refractivity contribution in [2.75, 3.05) is 24.3 Å². The largest absolute Gasteiger partial charge is 0.495 e. The second kappa shape index (κ2) is 9.71. The number of aromatic nitrogens is 2. The predicted molar refractivity (Wildman–Crippen MR) is 111 cm³/mol. The smallest absolute Gasteiger partial charge is 0.276 e. The summed E-state index contributed by atoms with van der Waals surface area (Å²) >= 11 is 5.98. The molecule has 1 heterocycles. The summed E-state index contributed by atoms with van der Waals surface area (Å²) in [6, 6.07) is 18.7. The van der Waals surface area contributed by atoms with Crippen molar-refractivity contribution in [1.82, 2.24) is 10.2 Å². The van der Waals surface area contributed by atoms with Crippen molar-refractivity contribution in [2.45, 2.75) is 12.8 Å². The minimum Gasteiger partial charge on any atom is -0.495 e. The molecule has 0 aliphatic heterocycles. The van der Waals surface area contributed by atoms with Gasteiger partial charge in [0.1, 0.15) is 11.6 Å². The van der Waals surface area contributed by atoms with Crippen LogP contribution in [0.2, 0.25) is 5.02 Å². The Morgan fingerprint density at radius 3 is 2.61 bits per heavy atom. The first-order chi connectivity index (χ1) is 13.7. The number of carbonyl (C=O) groups is 1. The molecule has 0 fully saturated rings. The van der Waals surface area contributed by atoms with Gasteiger partial charge in [-0.1, -0.05) is 41.9 Å². The van der Waals surface area contributed by atoms with Crippen molar-refractivity contribution in [2.24, 2.45) is 0 Å². The number of amides is 1. The highest BCUT2D eigenvalue weighted by molar-refractivity contribution is 6.31. The maximum Gasteiger partial charge on any atom is 0.276 e. The van der Waals surface area contributed by atoms with Crippen LogP contribution < -0.4 is 15.4 Å². The fraction of sp³-hybridized carbons (Fsp3) is 0.190. The topological polar surface area (TPSA) is 76.1 Å². The van der Waals surface area contributed by atoms with Gasteiger partial charge in [-0.15, -0.1) is 10.2 Å². The molecule has 1 aromatic heterocycles. The van der Waals surface area contributed by atoms with Crippen LogP contribution in [0.15, 0.2) is 60.7 Å². The van der Waals surface area contributed by atoms with E-state index in [-0.39, 0.29) is 11.6 Å². The van der Waals surface area contributed by atoms with E-state index in [2.05, 4.69) is 33.0 Å². The molecule has 6 nitrogen and oxygen atoms in total. The summed E-state index contributed by atoms with van der Waals surface area (Å²) in [5.74, 6) is 0.760. The number of hydrogen-bond acceptors (Lipinski definition) is 5. The number of nitrogens with zero attached hydrogens (tertiary/aromatic N) is 2. The molecule has 3 rings (SSSR count). The number of ether oxygens (including phenoxy) is 1. The van der Waals surface area contributed by atoms with Crippen molar-refractivity contribution in [3.8, 4) is 5.75 Å². The normalized spacial score (nSPS) is 10.4. The number of carbonyl (C=O) groups excluding carboxylic acids is 1. The van der Waals surface area contributed by atoms with Gasteiger partial charge in [0.05, 0.1) is 12.8 Å². The third-order valence-electron chi connectivity index (χ3n) is 4.10. The fourth-order valence-corrected chi connectivity index (χ4v) is 2.84. The predicted octanol–water partition coefficient (Wildman–Crippen LogP) is 4.44. The molecule has 2 N–H and O–H groups in total. The number of anilines is 2. The quantitative estimate of drug-likeness (QED) is 0.550. The molecule has 1 amide bonds. The maximum atomic E-state index is 12.4. The molecule has 28 heavy (non-hydrogen) atoms. The highest BCUT2D eigenvalue weighted by Crippen LogP contribution is 2.27. The third-order valence-corrected chi connectivity index (χ3v) is 4.33. The van der Waals surface area contributed by atoms with Gasteiger partial charge >= 0.3 is 0 Å². The van der Waals surface area contributed by atoms with Crippen molar-refractivity contribution in [3.05, 3.63) is 76.9 Å². The van der Waals surface area contributed by atoms with Crippen LogP contribution in [0.5, 0.6) is 5.75 Å². The first-order valence-electron chi connectivity index (χ1n) is 8.92. The SMILES string of the molecule is COc1ccc(Cl)cc1NC(=O)c1ccc(NCCCc2ccccc2)nn1. The van der Waals surface area contributed by atoms with Crippen LogP contribution in [-0.2, 0) is 6.42 Å². The van der Waals surface area contributed by atoms with Gasteiger partial charge in [0.15, 0.2) is 5.69 Å². The van der Waals surface area contributed by atoms with E-state index in [9.17, 15) is 4.79 Å². The average molecular weight is 397 g/mol. The van der Waals surface area contributed by atoms with E-state index in [0.29, 0.717) is 22.3 Å². The molecule has 0 atom stereocenters. The Morgan fingerprint density at radius 1 is 1.07 bits per heavy atom. The lowest BCUT2D eigenvalue weighted by Gasteiger charge is -2.10. The molecule has 3 aromatic rings. The van der Waals surface area contributed by atoms with E-state index in [1.807, 2.05) is 18.2 Å². The molecule has 144 valence electrons. The Balaban J connectivity index is 1.52. The maximum absolute atomic E-state index is 12.4. The van der Waals surface area contributed by atoms with Crippen molar-refractivity contribution in [3.63, 3.8) is 0 Å². The monoisotopic (exact) mass is 396 g/mol. The van der Waals surface area contributed by atoms with Crippen LogP contribution in [0.3, 0.4) is 0 Å². The summed E-state index contributed by atoms with van der Waals surface area (Å²) in [5, 5.41) is 14.5. The summed E-state index contributed by atoms with van der Waals surface area (Å²) in [4.78, 5) is 12.4. The summed E-state index contributed by atoms with van der Waals surface area (Å²) < 4.78 is 5.22. The molecule has 0 radical (unpaired) electrons. The second-order valence-electron chi connectivity index (χ2n) is 6.12. The first-order valence-corrected chi connectivity index (χ1v) is 9.30. The Labute approximate surface area is 168 Å². The van der Waals surface area contributed by atoms with Gasteiger partial charge in [-0.25, -0.2) is 0 Å². The van der Waals surface area contributed by atoms with E-state index < -0.39 is 0 Å². The van der Waals surface area contributed by atoms with Gasteiger partial charge < -0.3 is 15.4 Å². The van der Waals surface area contributed by atoms with Crippen LogP contribution in [0.4, 0.5) is 11.5 Å². The van der Waals surface area contributed by atoms with Crippen LogP contribution in [0.25, 0.3) is 0 Å². The zero-order chi connectivity index (χ0) is 19.8. The molecule has 0 saturated carbocycles. The molecular weight excluding hydrogens is 376 g/mol. The minimum atomic E-state index is -0.385. The zero-order valence-corrected chi connectivity index (χ0v) is 16.2. The van der Waals surface area contributed by atoms with E-state index in [0.717, 1.165) is 19.4 Å². The number of halogens is 1. The fourth-order valence-electron chi connectivity index (χ4n) is 2.67. The van der Waals surface area contributed by atoms with Gasteiger partial charge in [0.25, 0.3) is 5.91 Å². The molecular formula is C21H21ClN4O2. The summed E-state index contributed by atoms with van der Waals surface area (Å²) in [6.07, 6.45) is 1.96. The van der Waals surface area contributed by atoms with E-state index >= 15 is 0 Å². The van der Waals surface area contributed by atoms with Crippen molar-refractivity contribution >= 4 is 29.0 Å². The number of rotatable bonds is 8. The van der Waals surface area contributed by atoms with Crippen molar-refractivity contribution < 1.29 is 9.53 Å². The Kier molecular flexibility index (Phi) is 6.81. The van der Waals surface area contributed by atoms with Gasteiger partial charge in [-0.3, -0.25) is 4.79 Å². The summed E-state index contributed by atoms with van der Waals surface area (Å²) in [6.45, 7) is 0.773. The third kappa shape index (κ3) is 5.44. The number of methoxy groups -OCH3 is 1. The van der Waals surface area contributed by atoms with Crippen LogP contribution in [0.1, 0.15) is 22.5 Å². The minimum absolute atomic E-state index is 0.205. The summed E-state index contributed by atoms with van der Waals surface area (Å²) in [5.41, 5.74) is 1.99. The molecule has 2 aromatic carbocycles. The van der Waals surface area contributed by atoms with Gasteiger partial charge in [0, 0.05) is 11.6 Å². The standard InChI is InChI=1S/C21H21ClN4O2/c1-28-19-11-9-16(22)14-18(19)24-21(27)17-10-12-20(26-25-17)23-13-5-8-15-6-3-2-4-7-15/h2-4,6-7,9-12,14H,5,8,13H2,1H3,(H,23,26)(H,24,27). The second-order valence-corrected chi connectivity index (χ2v) is 6.55. The van der Waals surface area contributed by atoms with E-state index in [4.69, 9.17) is 16.3 Å². The number of hydrogen-bond donors (Lipinski definition) is 2.